The van der Waals surface area contributed by atoms with Crippen LogP contribution in [-0.4, -0.2) is 43.1 Å². The van der Waals surface area contributed by atoms with Gasteiger partial charge in [-0.2, -0.15) is 16.1 Å². The Balaban J connectivity index is 2.34. The van der Waals surface area contributed by atoms with Crippen LogP contribution in [0.1, 0.15) is 17.3 Å². The number of carbonyl (C=O) groups excluding carboxylic acids is 1. The van der Waals surface area contributed by atoms with Gasteiger partial charge in [-0.05, 0) is 19.1 Å². The number of thioether (sulfide) groups is 1. The van der Waals surface area contributed by atoms with Gasteiger partial charge in [0.15, 0.2) is 5.78 Å². The first-order valence-corrected chi connectivity index (χ1v) is 8.30. The van der Waals surface area contributed by atoms with E-state index in [0.717, 1.165) is 11.5 Å². The molecule has 6 heteroatoms. The highest BCUT2D eigenvalue weighted by atomic mass is 32.2. The predicted molar refractivity (Wildman–Crippen MR) is 72.5 cm³/mol. The molecule has 1 saturated heterocycles. The van der Waals surface area contributed by atoms with Gasteiger partial charge in [0.05, 0.1) is 4.90 Å². The quantitative estimate of drug-likeness (QED) is 0.792. The Morgan fingerprint density at radius 3 is 2.56 bits per heavy atom. The SMILES string of the molecule is CC(=O)c1cccc(S(=O)(=O)N2CCSCC2)c1. The average molecular weight is 285 g/mol. The van der Waals surface area contributed by atoms with Crippen LogP contribution < -0.4 is 0 Å². The van der Waals surface area contributed by atoms with Gasteiger partial charge < -0.3 is 0 Å². The number of hydrogen-bond donors (Lipinski definition) is 0. The third kappa shape index (κ3) is 2.76. The third-order valence-electron chi connectivity index (χ3n) is 2.85. The van der Waals surface area contributed by atoms with Gasteiger partial charge in [0.2, 0.25) is 10.0 Å². The fourth-order valence-electron chi connectivity index (χ4n) is 1.81. The summed E-state index contributed by atoms with van der Waals surface area (Å²) in [5.74, 6) is 1.53. The zero-order chi connectivity index (χ0) is 13.2. The smallest absolute Gasteiger partial charge is 0.243 e. The number of rotatable bonds is 3. The van der Waals surface area contributed by atoms with Gasteiger partial charge in [0.1, 0.15) is 0 Å². The molecule has 4 nitrogen and oxygen atoms in total. The van der Waals surface area contributed by atoms with Crippen LogP contribution in [0.25, 0.3) is 0 Å². The summed E-state index contributed by atoms with van der Waals surface area (Å²) in [6.45, 7) is 2.51. The first kappa shape index (κ1) is 13.6. The Kier molecular flexibility index (Phi) is 4.09. The molecule has 0 N–H and O–H groups in total. The van der Waals surface area contributed by atoms with Gasteiger partial charge in [-0.1, -0.05) is 12.1 Å². The van der Waals surface area contributed by atoms with E-state index in [1.807, 2.05) is 0 Å². The maximum Gasteiger partial charge on any atom is 0.243 e. The summed E-state index contributed by atoms with van der Waals surface area (Å²) >= 11 is 1.76. The monoisotopic (exact) mass is 285 g/mol. The van der Waals surface area contributed by atoms with Crippen LogP contribution in [0.3, 0.4) is 0 Å². The molecule has 0 radical (unpaired) electrons. The molecule has 0 aromatic heterocycles. The summed E-state index contributed by atoms with van der Waals surface area (Å²) in [5, 5.41) is 0. The number of nitrogens with zero attached hydrogens (tertiary/aromatic N) is 1. The van der Waals surface area contributed by atoms with E-state index in [-0.39, 0.29) is 10.7 Å². The summed E-state index contributed by atoms with van der Waals surface area (Å²) in [7, 11) is -3.45. The van der Waals surface area contributed by atoms with E-state index in [1.54, 1.807) is 30.0 Å². The van der Waals surface area contributed by atoms with Crippen molar-refractivity contribution in [2.24, 2.45) is 0 Å². The van der Waals surface area contributed by atoms with Crippen molar-refractivity contribution in [2.75, 3.05) is 24.6 Å². The summed E-state index contributed by atoms with van der Waals surface area (Å²) in [6, 6.07) is 6.25. The molecule has 0 amide bonds. The molecule has 0 saturated carbocycles. The molecule has 0 spiro atoms. The molecule has 1 aliphatic heterocycles. The van der Waals surface area contributed by atoms with Crippen LogP contribution in [0.15, 0.2) is 29.2 Å². The number of benzene rings is 1. The lowest BCUT2D eigenvalue weighted by Gasteiger charge is -2.25. The Labute approximate surface area is 111 Å². The Morgan fingerprint density at radius 1 is 1.28 bits per heavy atom. The van der Waals surface area contributed by atoms with E-state index in [9.17, 15) is 13.2 Å². The molecular weight excluding hydrogens is 270 g/mol. The molecule has 0 bridgehead atoms. The molecule has 1 aliphatic rings. The molecule has 0 atom stereocenters. The normalized spacial score (nSPS) is 17.6. The van der Waals surface area contributed by atoms with Crippen LogP contribution in [0.5, 0.6) is 0 Å². The van der Waals surface area contributed by atoms with Crippen molar-refractivity contribution in [3.63, 3.8) is 0 Å². The van der Waals surface area contributed by atoms with E-state index >= 15 is 0 Å². The topological polar surface area (TPSA) is 54.5 Å². The van der Waals surface area contributed by atoms with Crippen LogP contribution in [0.2, 0.25) is 0 Å². The molecule has 1 fully saturated rings. The van der Waals surface area contributed by atoms with Crippen molar-refractivity contribution in [3.05, 3.63) is 29.8 Å². The summed E-state index contributed by atoms with van der Waals surface area (Å²) in [5.41, 5.74) is 0.433. The first-order chi connectivity index (χ1) is 8.51. The lowest BCUT2D eigenvalue weighted by molar-refractivity contribution is 0.101. The highest BCUT2D eigenvalue weighted by molar-refractivity contribution is 7.99. The van der Waals surface area contributed by atoms with E-state index in [1.165, 1.54) is 17.3 Å². The van der Waals surface area contributed by atoms with Crippen molar-refractivity contribution >= 4 is 27.6 Å². The molecule has 0 unspecified atom stereocenters. The average Bonchev–Trinajstić information content (AvgIpc) is 2.40. The van der Waals surface area contributed by atoms with Crippen molar-refractivity contribution < 1.29 is 13.2 Å². The van der Waals surface area contributed by atoms with E-state index < -0.39 is 10.0 Å². The van der Waals surface area contributed by atoms with Gasteiger partial charge in [0.25, 0.3) is 0 Å². The minimum Gasteiger partial charge on any atom is -0.295 e. The zero-order valence-electron chi connectivity index (χ0n) is 10.1. The molecule has 1 aromatic rings. The maximum absolute atomic E-state index is 12.4. The van der Waals surface area contributed by atoms with Crippen LogP contribution in [0.4, 0.5) is 0 Å². The molecule has 0 aliphatic carbocycles. The van der Waals surface area contributed by atoms with Gasteiger partial charge in [-0.3, -0.25) is 4.79 Å². The second-order valence-corrected chi connectivity index (χ2v) is 7.26. The second-order valence-electron chi connectivity index (χ2n) is 4.10. The molecular formula is C12H15NO3S2. The number of sulfonamides is 1. The summed E-state index contributed by atoms with van der Waals surface area (Å²) < 4.78 is 26.2. The van der Waals surface area contributed by atoms with Gasteiger partial charge in [-0.15, -0.1) is 0 Å². The maximum atomic E-state index is 12.4. The minimum atomic E-state index is -3.45. The number of ketones is 1. The first-order valence-electron chi connectivity index (χ1n) is 5.71. The van der Waals surface area contributed by atoms with Gasteiger partial charge in [-0.25, -0.2) is 8.42 Å². The van der Waals surface area contributed by atoms with E-state index in [0.29, 0.717) is 18.7 Å². The highest BCUT2D eigenvalue weighted by Gasteiger charge is 2.26. The third-order valence-corrected chi connectivity index (χ3v) is 5.69. The van der Waals surface area contributed by atoms with Crippen LogP contribution >= 0.6 is 11.8 Å². The van der Waals surface area contributed by atoms with Gasteiger partial charge >= 0.3 is 0 Å². The lowest BCUT2D eigenvalue weighted by atomic mass is 10.2. The van der Waals surface area contributed by atoms with Crippen molar-refractivity contribution in [2.45, 2.75) is 11.8 Å². The Bertz CT molecular complexity index is 548. The van der Waals surface area contributed by atoms with Crippen molar-refractivity contribution in [1.82, 2.24) is 4.31 Å². The standard InChI is InChI=1S/C12H15NO3S2/c1-10(14)11-3-2-4-12(9-11)18(15,16)13-5-7-17-8-6-13/h2-4,9H,5-8H2,1H3. The molecule has 98 valence electrons. The molecule has 1 aromatic carbocycles. The fraction of sp³-hybridized carbons (Fsp3) is 0.417. The Hall–Kier alpha value is -0.850. The molecule has 1 heterocycles. The lowest BCUT2D eigenvalue weighted by Crippen LogP contribution is -2.37. The van der Waals surface area contributed by atoms with E-state index in [4.69, 9.17) is 0 Å². The largest absolute Gasteiger partial charge is 0.295 e. The van der Waals surface area contributed by atoms with Crippen LogP contribution in [0, 0.1) is 0 Å². The molecule has 18 heavy (non-hydrogen) atoms. The van der Waals surface area contributed by atoms with Crippen molar-refractivity contribution in [1.29, 1.82) is 0 Å². The fourth-order valence-corrected chi connectivity index (χ4v) is 4.43. The number of carbonyl (C=O) groups is 1. The summed E-state index contributed by atoms with van der Waals surface area (Å²) in [6.07, 6.45) is 0. The van der Waals surface area contributed by atoms with Crippen molar-refractivity contribution in [3.8, 4) is 0 Å². The van der Waals surface area contributed by atoms with Gasteiger partial charge in [0, 0.05) is 30.2 Å². The minimum absolute atomic E-state index is 0.124. The predicted octanol–water partition coefficient (Wildman–Crippen LogP) is 1.63. The summed E-state index contributed by atoms with van der Waals surface area (Å²) in [4.78, 5) is 11.5. The zero-order valence-corrected chi connectivity index (χ0v) is 11.8. The second kappa shape index (κ2) is 5.42. The Morgan fingerprint density at radius 2 is 1.94 bits per heavy atom. The molecule has 2 rings (SSSR count). The van der Waals surface area contributed by atoms with Crippen LogP contribution in [-0.2, 0) is 10.0 Å². The number of hydrogen-bond acceptors (Lipinski definition) is 4. The highest BCUT2D eigenvalue weighted by Crippen LogP contribution is 2.21. The number of Topliss-reactive ketones (excluding diaryl/α,β-unsaturated/α-hetero) is 1. The van der Waals surface area contributed by atoms with E-state index in [2.05, 4.69) is 0 Å².